The van der Waals surface area contributed by atoms with Crippen molar-refractivity contribution in [1.82, 2.24) is 4.72 Å². The zero-order valence-corrected chi connectivity index (χ0v) is 13.4. The Morgan fingerprint density at radius 3 is 2.75 bits per heavy atom. The highest BCUT2D eigenvalue weighted by Crippen LogP contribution is 2.23. The van der Waals surface area contributed by atoms with E-state index in [4.69, 9.17) is 5.73 Å². The van der Waals surface area contributed by atoms with Crippen molar-refractivity contribution in [2.24, 2.45) is 11.7 Å². The Morgan fingerprint density at radius 1 is 1.40 bits per heavy atom. The molecule has 20 heavy (non-hydrogen) atoms. The van der Waals surface area contributed by atoms with E-state index in [9.17, 15) is 16.8 Å². The van der Waals surface area contributed by atoms with Crippen LogP contribution < -0.4 is 10.5 Å². The summed E-state index contributed by atoms with van der Waals surface area (Å²) in [5.41, 5.74) is 5.43. The fraction of sp³-hybridized carbons (Fsp3) is 0.636. The first kappa shape index (κ1) is 15.9. The molecule has 1 saturated heterocycles. The average Bonchev–Trinajstić information content (AvgIpc) is 2.94. The SMILES string of the molecule is NCCc1ccc(S(=O)(=O)NCC2CCS(=O)(=O)C2)s1. The molecule has 1 aliphatic heterocycles. The largest absolute Gasteiger partial charge is 0.330 e. The van der Waals surface area contributed by atoms with Gasteiger partial charge in [0.1, 0.15) is 4.21 Å². The van der Waals surface area contributed by atoms with Crippen LogP contribution in [0.2, 0.25) is 0 Å². The van der Waals surface area contributed by atoms with Gasteiger partial charge in [-0.3, -0.25) is 0 Å². The Balaban J connectivity index is 1.97. The first-order valence-electron chi connectivity index (χ1n) is 6.31. The molecule has 0 spiro atoms. The van der Waals surface area contributed by atoms with Crippen LogP contribution in [0.5, 0.6) is 0 Å². The molecule has 3 N–H and O–H groups in total. The summed E-state index contributed by atoms with van der Waals surface area (Å²) in [4.78, 5) is 0.927. The molecule has 0 radical (unpaired) electrons. The van der Waals surface area contributed by atoms with Gasteiger partial charge in [0.2, 0.25) is 10.0 Å². The second-order valence-corrected chi connectivity index (χ2v) is 10.3. The van der Waals surface area contributed by atoms with Crippen LogP contribution in [0.25, 0.3) is 0 Å². The lowest BCUT2D eigenvalue weighted by Crippen LogP contribution is -2.29. The molecule has 9 heteroatoms. The van der Waals surface area contributed by atoms with Gasteiger partial charge in [0.15, 0.2) is 9.84 Å². The molecule has 1 aromatic rings. The monoisotopic (exact) mass is 338 g/mol. The van der Waals surface area contributed by atoms with E-state index in [2.05, 4.69) is 4.72 Å². The number of rotatable bonds is 6. The van der Waals surface area contributed by atoms with Crippen molar-refractivity contribution in [2.45, 2.75) is 17.1 Å². The molecule has 1 atom stereocenters. The predicted molar refractivity (Wildman–Crippen MR) is 79.0 cm³/mol. The lowest BCUT2D eigenvalue weighted by atomic mass is 10.1. The van der Waals surface area contributed by atoms with E-state index >= 15 is 0 Å². The number of sulfone groups is 1. The Morgan fingerprint density at radius 2 is 2.15 bits per heavy atom. The van der Waals surface area contributed by atoms with Gasteiger partial charge in [0.05, 0.1) is 11.5 Å². The third kappa shape index (κ3) is 4.01. The number of hydrogen-bond acceptors (Lipinski definition) is 6. The number of nitrogens with one attached hydrogen (secondary N) is 1. The molecule has 114 valence electrons. The maximum Gasteiger partial charge on any atom is 0.250 e. The number of thiophene rings is 1. The van der Waals surface area contributed by atoms with Crippen LogP contribution in [-0.4, -0.2) is 41.4 Å². The number of sulfonamides is 1. The normalized spacial score (nSPS) is 22.1. The summed E-state index contributed by atoms with van der Waals surface area (Å²) in [5, 5.41) is 0. The van der Waals surface area contributed by atoms with Gasteiger partial charge in [-0.25, -0.2) is 21.6 Å². The highest BCUT2D eigenvalue weighted by Gasteiger charge is 2.29. The molecule has 1 fully saturated rings. The minimum atomic E-state index is -3.55. The highest BCUT2D eigenvalue weighted by molar-refractivity contribution is 7.92. The Hall–Kier alpha value is -0.480. The third-order valence-electron chi connectivity index (χ3n) is 3.18. The first-order valence-corrected chi connectivity index (χ1v) is 10.4. The van der Waals surface area contributed by atoms with Crippen LogP contribution in [0, 0.1) is 5.92 Å². The van der Waals surface area contributed by atoms with E-state index in [-0.39, 0.29) is 28.2 Å². The molecule has 0 aliphatic carbocycles. The topological polar surface area (TPSA) is 106 Å². The van der Waals surface area contributed by atoms with E-state index in [0.29, 0.717) is 19.4 Å². The fourth-order valence-corrected chi connectivity index (χ4v) is 6.50. The molecule has 2 rings (SSSR count). The quantitative estimate of drug-likeness (QED) is 0.757. The van der Waals surface area contributed by atoms with Gasteiger partial charge in [0.25, 0.3) is 0 Å². The van der Waals surface area contributed by atoms with Gasteiger partial charge in [-0.2, -0.15) is 0 Å². The molecule has 0 bridgehead atoms. The van der Waals surface area contributed by atoms with Gasteiger partial charge < -0.3 is 5.73 Å². The van der Waals surface area contributed by atoms with E-state index in [1.54, 1.807) is 12.1 Å². The summed E-state index contributed by atoms with van der Waals surface area (Å²) in [7, 11) is -6.53. The van der Waals surface area contributed by atoms with Crippen LogP contribution in [0.1, 0.15) is 11.3 Å². The first-order chi connectivity index (χ1) is 9.32. The number of nitrogens with two attached hydrogens (primary N) is 1. The molecule has 2 heterocycles. The smallest absolute Gasteiger partial charge is 0.250 e. The number of hydrogen-bond donors (Lipinski definition) is 2. The minimum Gasteiger partial charge on any atom is -0.330 e. The molecule has 1 unspecified atom stereocenters. The van der Waals surface area contributed by atoms with E-state index < -0.39 is 19.9 Å². The van der Waals surface area contributed by atoms with Gasteiger partial charge in [0, 0.05) is 11.4 Å². The second kappa shape index (κ2) is 6.10. The molecule has 0 saturated carbocycles. The molecule has 0 aromatic carbocycles. The maximum absolute atomic E-state index is 12.1. The Labute approximate surface area is 123 Å². The minimum absolute atomic E-state index is 0.0678. The lowest BCUT2D eigenvalue weighted by molar-refractivity contribution is 0.544. The van der Waals surface area contributed by atoms with Gasteiger partial charge in [-0.05, 0) is 37.4 Å². The van der Waals surface area contributed by atoms with Crippen molar-refractivity contribution in [3.63, 3.8) is 0 Å². The summed E-state index contributed by atoms with van der Waals surface area (Å²) < 4.78 is 49.6. The van der Waals surface area contributed by atoms with Crippen molar-refractivity contribution in [3.05, 3.63) is 17.0 Å². The summed E-state index contributed by atoms with van der Waals surface area (Å²) in [6.45, 7) is 0.652. The van der Waals surface area contributed by atoms with Crippen LogP contribution in [0.4, 0.5) is 0 Å². The summed E-state index contributed by atoms with van der Waals surface area (Å²) in [6.07, 6.45) is 1.18. The molecule has 0 amide bonds. The zero-order chi connectivity index (χ0) is 14.8. The van der Waals surface area contributed by atoms with Crippen molar-refractivity contribution in [2.75, 3.05) is 24.6 Å². The summed E-state index contributed by atoms with van der Waals surface area (Å²) >= 11 is 1.20. The molecular formula is C11H18N2O4S3. The van der Waals surface area contributed by atoms with Gasteiger partial charge in [-0.15, -0.1) is 11.3 Å². The summed E-state index contributed by atoms with van der Waals surface area (Å²) in [5.74, 6) is 0.0931. The van der Waals surface area contributed by atoms with E-state index in [1.807, 2.05) is 0 Å². The van der Waals surface area contributed by atoms with Gasteiger partial charge in [-0.1, -0.05) is 0 Å². The average molecular weight is 338 g/mol. The van der Waals surface area contributed by atoms with Gasteiger partial charge >= 0.3 is 0 Å². The Kier molecular flexibility index (Phi) is 4.85. The van der Waals surface area contributed by atoms with Crippen LogP contribution in [0.3, 0.4) is 0 Å². The van der Waals surface area contributed by atoms with E-state index in [0.717, 1.165) is 4.88 Å². The van der Waals surface area contributed by atoms with Crippen LogP contribution in [0.15, 0.2) is 16.3 Å². The van der Waals surface area contributed by atoms with Crippen molar-refractivity contribution in [1.29, 1.82) is 0 Å². The fourth-order valence-electron chi connectivity index (χ4n) is 2.11. The molecular weight excluding hydrogens is 320 g/mol. The van der Waals surface area contributed by atoms with Crippen molar-refractivity contribution in [3.8, 4) is 0 Å². The molecule has 6 nitrogen and oxygen atoms in total. The van der Waals surface area contributed by atoms with Crippen molar-refractivity contribution < 1.29 is 16.8 Å². The van der Waals surface area contributed by atoms with Crippen LogP contribution >= 0.6 is 11.3 Å². The summed E-state index contributed by atoms with van der Waals surface area (Å²) in [6, 6.07) is 3.31. The van der Waals surface area contributed by atoms with Crippen molar-refractivity contribution >= 4 is 31.2 Å². The third-order valence-corrected chi connectivity index (χ3v) is 8.08. The molecule has 1 aromatic heterocycles. The van der Waals surface area contributed by atoms with Crippen LogP contribution in [-0.2, 0) is 26.3 Å². The zero-order valence-electron chi connectivity index (χ0n) is 10.9. The predicted octanol–water partition coefficient (Wildman–Crippen LogP) is -0.0377. The van der Waals surface area contributed by atoms with E-state index in [1.165, 1.54) is 11.3 Å². The second-order valence-electron chi connectivity index (χ2n) is 4.88. The Bertz CT molecular complexity index is 664. The maximum atomic E-state index is 12.1. The molecule has 1 aliphatic rings. The lowest BCUT2D eigenvalue weighted by Gasteiger charge is -2.09. The standard InChI is InChI=1S/C11H18N2O4S3/c12-5-3-10-1-2-11(18-10)20(16,17)13-7-9-4-6-19(14,15)8-9/h1-2,9,13H,3-8,12H2. The highest BCUT2D eigenvalue weighted by atomic mass is 32.2.